The summed E-state index contributed by atoms with van der Waals surface area (Å²) in [6.45, 7) is 3.67. The molecule has 22 heavy (non-hydrogen) atoms. The molecule has 0 bridgehead atoms. The van der Waals surface area contributed by atoms with E-state index in [0.29, 0.717) is 5.75 Å². The Morgan fingerprint density at radius 3 is 2.68 bits per heavy atom. The van der Waals surface area contributed by atoms with E-state index in [0.717, 1.165) is 30.8 Å². The van der Waals surface area contributed by atoms with Crippen molar-refractivity contribution in [3.05, 3.63) is 48.2 Å². The van der Waals surface area contributed by atoms with Gasteiger partial charge in [-0.05, 0) is 30.7 Å². The van der Waals surface area contributed by atoms with Crippen LogP contribution in [-0.4, -0.2) is 37.4 Å². The molecule has 0 radical (unpaired) electrons. The summed E-state index contributed by atoms with van der Waals surface area (Å²) in [6, 6.07) is 12.1. The van der Waals surface area contributed by atoms with Crippen LogP contribution in [0.25, 0.3) is 11.3 Å². The first kappa shape index (κ1) is 15.3. The molecular weight excluding hydrogens is 298 g/mol. The number of rotatable bonds is 5. The lowest BCUT2D eigenvalue weighted by Gasteiger charge is -2.27. The van der Waals surface area contributed by atoms with Gasteiger partial charge in [-0.2, -0.15) is 0 Å². The first-order valence-corrected chi connectivity index (χ1v) is 9.47. The van der Waals surface area contributed by atoms with E-state index in [4.69, 9.17) is 4.42 Å². The van der Waals surface area contributed by atoms with Gasteiger partial charge in [-0.3, -0.25) is 4.90 Å². The van der Waals surface area contributed by atoms with E-state index >= 15 is 0 Å². The van der Waals surface area contributed by atoms with Crippen LogP contribution in [0.4, 0.5) is 0 Å². The second-order valence-electron chi connectivity index (χ2n) is 5.75. The molecule has 1 saturated heterocycles. The van der Waals surface area contributed by atoms with Crippen LogP contribution >= 0.6 is 0 Å². The van der Waals surface area contributed by atoms with E-state index in [2.05, 4.69) is 17.9 Å². The maximum Gasteiger partial charge on any atom is 0.151 e. The molecule has 0 amide bonds. The van der Waals surface area contributed by atoms with E-state index in [9.17, 15) is 8.42 Å². The summed E-state index contributed by atoms with van der Waals surface area (Å²) < 4.78 is 29.0. The lowest BCUT2D eigenvalue weighted by molar-refractivity contribution is 0.215. The second kappa shape index (κ2) is 6.26. The summed E-state index contributed by atoms with van der Waals surface area (Å²) in [4.78, 5) is 2.26. The zero-order chi connectivity index (χ0) is 15.6. The van der Waals surface area contributed by atoms with Gasteiger partial charge in [0.05, 0.1) is 17.8 Å². The maximum absolute atomic E-state index is 11.7. The molecule has 5 heteroatoms. The predicted molar refractivity (Wildman–Crippen MR) is 87.3 cm³/mol. The monoisotopic (exact) mass is 319 g/mol. The Kier molecular flexibility index (Phi) is 4.36. The van der Waals surface area contributed by atoms with Crippen molar-refractivity contribution < 1.29 is 12.8 Å². The molecule has 1 unspecified atom stereocenters. The number of sulfone groups is 1. The van der Waals surface area contributed by atoms with Crippen LogP contribution < -0.4 is 0 Å². The van der Waals surface area contributed by atoms with Crippen molar-refractivity contribution in [3.8, 4) is 11.3 Å². The average molecular weight is 319 g/mol. The number of nitrogens with zero attached hydrogens (tertiary/aromatic N) is 1. The van der Waals surface area contributed by atoms with Crippen LogP contribution in [0, 0.1) is 0 Å². The molecule has 2 aromatic rings. The molecule has 118 valence electrons. The van der Waals surface area contributed by atoms with Crippen LogP contribution in [0.1, 0.15) is 18.9 Å². The van der Waals surface area contributed by atoms with Gasteiger partial charge >= 0.3 is 0 Å². The fraction of sp³-hybridized carbons (Fsp3) is 0.412. The van der Waals surface area contributed by atoms with Gasteiger partial charge in [0.25, 0.3) is 0 Å². The lowest BCUT2D eigenvalue weighted by Crippen LogP contribution is -2.35. The molecule has 1 aliphatic rings. The molecule has 3 rings (SSSR count). The minimum Gasteiger partial charge on any atom is -0.464 e. The molecule has 1 aliphatic heterocycles. The van der Waals surface area contributed by atoms with Crippen molar-refractivity contribution in [2.24, 2.45) is 0 Å². The maximum atomic E-state index is 11.7. The van der Waals surface area contributed by atoms with E-state index in [1.165, 1.54) is 5.56 Å². The molecular formula is C17H21NO3S. The van der Waals surface area contributed by atoms with E-state index in [1.807, 2.05) is 30.3 Å². The normalized spacial score (nSPS) is 20.5. The lowest BCUT2D eigenvalue weighted by atomic mass is 10.0. The minimum absolute atomic E-state index is 0.125. The van der Waals surface area contributed by atoms with E-state index in [1.54, 1.807) is 6.26 Å². The van der Waals surface area contributed by atoms with Crippen molar-refractivity contribution in [2.75, 3.05) is 18.1 Å². The third-order valence-electron chi connectivity index (χ3n) is 4.31. The number of hydrogen-bond acceptors (Lipinski definition) is 4. The van der Waals surface area contributed by atoms with Crippen molar-refractivity contribution in [2.45, 2.75) is 25.9 Å². The highest BCUT2D eigenvalue weighted by molar-refractivity contribution is 7.91. The highest BCUT2D eigenvalue weighted by Crippen LogP contribution is 2.27. The summed E-state index contributed by atoms with van der Waals surface area (Å²) in [5.74, 6) is 1.45. The minimum atomic E-state index is -2.86. The number of furan rings is 1. The Morgan fingerprint density at radius 1 is 1.23 bits per heavy atom. The quantitative estimate of drug-likeness (QED) is 0.850. The Hall–Kier alpha value is -1.59. The van der Waals surface area contributed by atoms with Crippen molar-refractivity contribution in [1.29, 1.82) is 0 Å². The SMILES string of the molecule is CCN(Cc1ccccc1-c1ccco1)C1CCS(=O)(=O)C1. The van der Waals surface area contributed by atoms with Gasteiger partial charge in [-0.25, -0.2) is 8.42 Å². The van der Waals surface area contributed by atoms with E-state index in [-0.39, 0.29) is 11.8 Å². The van der Waals surface area contributed by atoms with Gasteiger partial charge in [0, 0.05) is 18.2 Å². The third-order valence-corrected chi connectivity index (χ3v) is 6.06. The topological polar surface area (TPSA) is 50.5 Å². The molecule has 0 saturated carbocycles. The van der Waals surface area contributed by atoms with Crippen molar-refractivity contribution in [3.63, 3.8) is 0 Å². The molecule has 0 spiro atoms. The standard InChI is InChI=1S/C17H21NO3S/c1-2-18(15-9-11-22(19,20)13-15)12-14-6-3-4-7-16(14)17-8-5-10-21-17/h3-8,10,15H,2,9,11-13H2,1H3. The molecule has 0 N–H and O–H groups in total. The predicted octanol–water partition coefficient (Wildman–Crippen LogP) is 2.96. The molecule has 2 heterocycles. The second-order valence-corrected chi connectivity index (χ2v) is 7.98. The highest BCUT2D eigenvalue weighted by atomic mass is 32.2. The van der Waals surface area contributed by atoms with Gasteiger partial charge in [0.15, 0.2) is 9.84 Å². The summed E-state index contributed by atoms with van der Waals surface area (Å²) in [7, 11) is -2.86. The summed E-state index contributed by atoms with van der Waals surface area (Å²) in [6.07, 6.45) is 2.41. The van der Waals surface area contributed by atoms with Gasteiger partial charge < -0.3 is 4.42 Å². The van der Waals surface area contributed by atoms with Gasteiger partial charge in [-0.15, -0.1) is 0 Å². The Morgan fingerprint density at radius 2 is 2.05 bits per heavy atom. The molecule has 1 aromatic heterocycles. The fourth-order valence-corrected chi connectivity index (χ4v) is 4.87. The fourth-order valence-electron chi connectivity index (χ4n) is 3.11. The molecule has 0 aliphatic carbocycles. The first-order valence-electron chi connectivity index (χ1n) is 7.65. The Balaban J connectivity index is 1.83. The zero-order valence-corrected chi connectivity index (χ0v) is 13.6. The van der Waals surface area contributed by atoms with Gasteiger partial charge in [0.1, 0.15) is 5.76 Å². The number of benzene rings is 1. The summed E-state index contributed by atoms with van der Waals surface area (Å²) >= 11 is 0. The van der Waals surface area contributed by atoms with E-state index < -0.39 is 9.84 Å². The zero-order valence-electron chi connectivity index (χ0n) is 12.7. The van der Waals surface area contributed by atoms with Crippen LogP contribution in [0.15, 0.2) is 47.1 Å². The van der Waals surface area contributed by atoms with Gasteiger partial charge in [-0.1, -0.05) is 31.2 Å². The van der Waals surface area contributed by atoms with Crippen LogP contribution in [0.2, 0.25) is 0 Å². The highest BCUT2D eigenvalue weighted by Gasteiger charge is 2.31. The molecule has 1 aromatic carbocycles. The largest absolute Gasteiger partial charge is 0.464 e. The Bertz CT molecular complexity index is 722. The Labute approximate surface area is 131 Å². The molecule has 4 nitrogen and oxygen atoms in total. The van der Waals surface area contributed by atoms with Crippen LogP contribution in [0.3, 0.4) is 0 Å². The van der Waals surface area contributed by atoms with Gasteiger partial charge in [0.2, 0.25) is 0 Å². The first-order chi connectivity index (χ1) is 10.6. The average Bonchev–Trinajstić information content (AvgIpc) is 3.14. The number of hydrogen-bond donors (Lipinski definition) is 0. The molecule has 1 fully saturated rings. The smallest absolute Gasteiger partial charge is 0.151 e. The van der Waals surface area contributed by atoms with Crippen molar-refractivity contribution in [1.82, 2.24) is 4.90 Å². The summed E-state index contributed by atoms with van der Waals surface area (Å²) in [5.41, 5.74) is 2.25. The van der Waals surface area contributed by atoms with Crippen molar-refractivity contribution >= 4 is 9.84 Å². The third kappa shape index (κ3) is 3.25. The summed E-state index contributed by atoms with van der Waals surface area (Å²) in [5, 5.41) is 0. The van der Waals surface area contributed by atoms with Crippen LogP contribution in [0.5, 0.6) is 0 Å². The van der Waals surface area contributed by atoms with Crippen LogP contribution in [-0.2, 0) is 16.4 Å². The molecule has 1 atom stereocenters.